The summed E-state index contributed by atoms with van der Waals surface area (Å²) in [4.78, 5) is 23.8. The maximum Gasteiger partial charge on any atom is 0.391 e. The average Bonchev–Trinajstić information content (AvgIpc) is 3.12. The second-order valence-electron chi connectivity index (χ2n) is 7.73. The molecular weight excluding hydrogens is 433 g/mol. The van der Waals surface area contributed by atoms with Crippen LogP contribution in [0.3, 0.4) is 0 Å². The molecule has 1 aliphatic heterocycles. The molecule has 0 bridgehead atoms. The van der Waals surface area contributed by atoms with Crippen LogP contribution in [-0.4, -0.2) is 30.7 Å². The number of halogens is 6. The van der Waals surface area contributed by atoms with Crippen molar-refractivity contribution in [3.05, 3.63) is 34.4 Å². The number of urea groups is 1. The number of rotatable bonds is 5. The van der Waals surface area contributed by atoms with Crippen molar-refractivity contribution in [1.82, 2.24) is 16.0 Å². The first-order valence-electron chi connectivity index (χ1n) is 9.61. The minimum absolute atomic E-state index is 0.0376. The van der Waals surface area contributed by atoms with E-state index in [1.807, 2.05) is 0 Å². The molecule has 2 fully saturated rings. The van der Waals surface area contributed by atoms with Gasteiger partial charge in [-0.05, 0) is 44.1 Å². The average molecular weight is 454 g/mol. The highest BCUT2D eigenvalue weighted by molar-refractivity contribution is 6.31. The Morgan fingerprint density at radius 1 is 1.20 bits per heavy atom. The number of hydrogen-bond donors (Lipinski definition) is 3. The maximum absolute atomic E-state index is 14.6. The lowest BCUT2D eigenvalue weighted by Crippen LogP contribution is -2.45. The minimum atomic E-state index is -4.25. The molecule has 1 aromatic rings. The molecule has 11 heteroatoms. The number of benzene rings is 1. The number of alkyl halides is 3. The third kappa shape index (κ3) is 5.14. The first-order valence-corrected chi connectivity index (χ1v) is 9.99. The summed E-state index contributed by atoms with van der Waals surface area (Å²) in [6, 6.07) is -0.193. The van der Waals surface area contributed by atoms with Crippen molar-refractivity contribution in [3.63, 3.8) is 0 Å². The second-order valence-corrected chi connectivity index (χ2v) is 8.11. The molecule has 1 heterocycles. The third-order valence-corrected chi connectivity index (χ3v) is 6.07. The molecule has 1 aromatic carbocycles. The van der Waals surface area contributed by atoms with Gasteiger partial charge in [0.25, 0.3) is 0 Å². The van der Waals surface area contributed by atoms with E-state index in [9.17, 15) is 31.5 Å². The van der Waals surface area contributed by atoms with Crippen molar-refractivity contribution in [3.8, 4) is 0 Å². The van der Waals surface area contributed by atoms with Crippen molar-refractivity contribution < 1.29 is 31.5 Å². The Labute approximate surface area is 174 Å². The zero-order valence-electron chi connectivity index (χ0n) is 15.8. The van der Waals surface area contributed by atoms with Gasteiger partial charge in [-0.25, -0.2) is 13.6 Å². The predicted octanol–water partition coefficient (Wildman–Crippen LogP) is 4.22. The summed E-state index contributed by atoms with van der Waals surface area (Å²) in [5.41, 5.74) is -0.0509. The molecule has 5 nitrogen and oxygen atoms in total. The molecule has 2 atom stereocenters. The van der Waals surface area contributed by atoms with Crippen LogP contribution >= 0.6 is 11.6 Å². The van der Waals surface area contributed by atoms with Crippen molar-refractivity contribution in [2.45, 2.75) is 50.4 Å². The zero-order valence-corrected chi connectivity index (χ0v) is 16.5. The number of hydrogen-bond acceptors (Lipinski definition) is 2. The molecule has 0 radical (unpaired) electrons. The van der Waals surface area contributed by atoms with Gasteiger partial charge >= 0.3 is 12.2 Å². The fraction of sp³-hybridized carbons (Fsp3) is 0.579. The summed E-state index contributed by atoms with van der Waals surface area (Å²) in [5.74, 6) is -4.12. The van der Waals surface area contributed by atoms with Gasteiger partial charge in [-0.2, -0.15) is 13.2 Å². The molecular formula is C19H21ClF5N3O2. The molecule has 1 saturated carbocycles. The molecule has 0 aromatic heterocycles. The van der Waals surface area contributed by atoms with Crippen molar-refractivity contribution >= 4 is 23.5 Å². The first-order chi connectivity index (χ1) is 14.1. The molecule has 0 spiro atoms. The van der Waals surface area contributed by atoms with Crippen LogP contribution in [0.5, 0.6) is 0 Å². The SMILES string of the molecule is O=C1NC[C@@H](C(=O)NC(C[C@H]2CC[C@H](C(F)(F)F)CC2)c2ccc(F)c(Cl)c2F)N1. The minimum Gasteiger partial charge on any atom is -0.347 e. The Bertz CT molecular complexity index is 812. The molecule has 30 heavy (non-hydrogen) atoms. The Morgan fingerprint density at radius 3 is 2.43 bits per heavy atom. The van der Waals surface area contributed by atoms with E-state index >= 15 is 0 Å². The van der Waals surface area contributed by atoms with E-state index in [1.54, 1.807) is 0 Å². The summed E-state index contributed by atoms with van der Waals surface area (Å²) in [6.45, 7) is 0.0424. The van der Waals surface area contributed by atoms with E-state index in [0.717, 1.165) is 12.1 Å². The summed E-state index contributed by atoms with van der Waals surface area (Å²) >= 11 is 5.67. The summed E-state index contributed by atoms with van der Waals surface area (Å²) in [5, 5.41) is 6.75. The Morgan fingerprint density at radius 2 is 1.87 bits per heavy atom. The van der Waals surface area contributed by atoms with Crippen molar-refractivity contribution in [2.75, 3.05) is 6.54 Å². The zero-order chi connectivity index (χ0) is 22.1. The molecule has 1 unspecified atom stereocenters. The van der Waals surface area contributed by atoms with Gasteiger partial charge < -0.3 is 16.0 Å². The second kappa shape index (κ2) is 8.95. The third-order valence-electron chi connectivity index (χ3n) is 5.72. The van der Waals surface area contributed by atoms with Crippen LogP contribution in [-0.2, 0) is 4.79 Å². The number of amides is 3. The van der Waals surface area contributed by atoms with Crippen LogP contribution in [0, 0.1) is 23.5 Å². The Balaban J connectivity index is 1.76. The molecule has 1 saturated heterocycles. The van der Waals surface area contributed by atoms with Crippen molar-refractivity contribution in [2.24, 2.45) is 11.8 Å². The lowest BCUT2D eigenvalue weighted by Gasteiger charge is -2.32. The Kier molecular flexibility index (Phi) is 6.74. The van der Waals surface area contributed by atoms with E-state index in [0.29, 0.717) is 0 Å². The highest BCUT2D eigenvalue weighted by atomic mass is 35.5. The molecule has 1 aliphatic carbocycles. The topological polar surface area (TPSA) is 70.2 Å². The maximum atomic E-state index is 14.6. The van der Waals surface area contributed by atoms with Gasteiger partial charge in [0.05, 0.1) is 12.0 Å². The first kappa shape index (κ1) is 22.6. The largest absolute Gasteiger partial charge is 0.391 e. The van der Waals surface area contributed by atoms with E-state index in [-0.39, 0.29) is 50.1 Å². The van der Waals surface area contributed by atoms with Crippen LogP contribution in [0.2, 0.25) is 5.02 Å². The number of carbonyl (C=O) groups excluding carboxylic acids is 2. The molecule has 3 rings (SSSR count). The van der Waals surface area contributed by atoms with Gasteiger partial charge in [-0.15, -0.1) is 0 Å². The van der Waals surface area contributed by atoms with Crippen LogP contribution in [0.25, 0.3) is 0 Å². The Hall–Kier alpha value is -2.10. The fourth-order valence-electron chi connectivity index (χ4n) is 4.02. The number of carbonyl (C=O) groups is 2. The lowest BCUT2D eigenvalue weighted by molar-refractivity contribution is -0.184. The quantitative estimate of drug-likeness (QED) is 0.461. The summed E-state index contributed by atoms with van der Waals surface area (Å²) in [6.07, 6.45) is -3.61. The molecule has 3 amide bonds. The smallest absolute Gasteiger partial charge is 0.347 e. The van der Waals surface area contributed by atoms with Gasteiger partial charge in [-0.1, -0.05) is 17.7 Å². The van der Waals surface area contributed by atoms with Crippen LogP contribution < -0.4 is 16.0 Å². The standard InChI is InChI=1S/C19H21ClF5N3O2/c20-15-12(21)6-5-11(16(15)22)13(27-17(29)14-8-26-18(30)28-14)7-9-1-3-10(4-2-9)19(23,24)25/h5-6,9-10,13-14H,1-4,7-8H2,(H,27,29)(H2,26,28,30)/t9-,10-,13?,14-/m0/s1. The summed E-state index contributed by atoms with van der Waals surface area (Å²) < 4.78 is 66.9. The highest BCUT2D eigenvalue weighted by Gasteiger charge is 2.42. The van der Waals surface area contributed by atoms with Gasteiger partial charge in [0.2, 0.25) is 5.91 Å². The van der Waals surface area contributed by atoms with E-state index in [4.69, 9.17) is 11.6 Å². The van der Waals surface area contributed by atoms with Crippen LogP contribution in [0.4, 0.5) is 26.7 Å². The highest BCUT2D eigenvalue weighted by Crippen LogP contribution is 2.42. The molecule has 166 valence electrons. The molecule has 3 N–H and O–H groups in total. The fourth-order valence-corrected chi connectivity index (χ4v) is 4.19. The summed E-state index contributed by atoms with van der Waals surface area (Å²) in [7, 11) is 0. The lowest BCUT2D eigenvalue weighted by atomic mass is 9.78. The van der Waals surface area contributed by atoms with E-state index < -0.39 is 52.8 Å². The number of nitrogens with one attached hydrogen (secondary N) is 3. The van der Waals surface area contributed by atoms with Gasteiger partial charge in [0.1, 0.15) is 22.7 Å². The molecule has 2 aliphatic rings. The predicted molar refractivity (Wildman–Crippen MR) is 98.7 cm³/mol. The normalized spacial score (nSPS) is 25.4. The van der Waals surface area contributed by atoms with E-state index in [1.165, 1.54) is 0 Å². The van der Waals surface area contributed by atoms with Crippen LogP contribution in [0.15, 0.2) is 12.1 Å². The van der Waals surface area contributed by atoms with Gasteiger partial charge in [0, 0.05) is 12.1 Å². The van der Waals surface area contributed by atoms with Crippen molar-refractivity contribution in [1.29, 1.82) is 0 Å². The van der Waals surface area contributed by atoms with E-state index in [2.05, 4.69) is 16.0 Å². The van der Waals surface area contributed by atoms with Gasteiger partial charge in [0.15, 0.2) is 0 Å². The van der Waals surface area contributed by atoms with Crippen LogP contribution in [0.1, 0.15) is 43.7 Å². The monoisotopic (exact) mass is 453 g/mol. The van der Waals surface area contributed by atoms with Gasteiger partial charge in [-0.3, -0.25) is 4.79 Å².